The number of urea groups is 1. The topological polar surface area (TPSA) is 72.9 Å². The lowest BCUT2D eigenvalue weighted by atomic mass is 10.1. The zero-order valence-electron chi connectivity index (χ0n) is 12.2. The average molecular weight is 283 g/mol. The van der Waals surface area contributed by atoms with E-state index in [-0.39, 0.29) is 24.7 Å². The number of nitrogens with one attached hydrogen (secondary N) is 1. The fraction of sp³-hybridized carbons (Fsp3) is 0.857. The van der Waals surface area contributed by atoms with Gasteiger partial charge in [-0.25, -0.2) is 4.79 Å². The molecule has 6 heteroatoms. The van der Waals surface area contributed by atoms with Gasteiger partial charge in [0.05, 0.1) is 0 Å². The van der Waals surface area contributed by atoms with Crippen LogP contribution in [0.5, 0.6) is 0 Å². The number of carbonyl (C=O) groups is 2. The Morgan fingerprint density at radius 3 is 2.55 bits per heavy atom. The van der Waals surface area contributed by atoms with E-state index in [1.54, 1.807) is 0 Å². The fourth-order valence-corrected chi connectivity index (χ4v) is 3.27. The molecule has 1 unspecified atom stereocenters. The van der Waals surface area contributed by atoms with E-state index < -0.39 is 5.97 Å². The number of nitrogens with zero attached hydrogens (tertiary/aromatic N) is 2. The van der Waals surface area contributed by atoms with Gasteiger partial charge in [-0.05, 0) is 39.3 Å². The van der Waals surface area contributed by atoms with Crippen LogP contribution in [-0.4, -0.2) is 65.7 Å². The van der Waals surface area contributed by atoms with Gasteiger partial charge in [-0.3, -0.25) is 4.79 Å². The number of amides is 2. The van der Waals surface area contributed by atoms with Crippen molar-refractivity contribution in [2.24, 2.45) is 0 Å². The summed E-state index contributed by atoms with van der Waals surface area (Å²) >= 11 is 0. The molecular weight excluding hydrogens is 258 g/mol. The Labute approximate surface area is 120 Å². The van der Waals surface area contributed by atoms with Gasteiger partial charge in [0.2, 0.25) is 0 Å². The highest BCUT2D eigenvalue weighted by Crippen LogP contribution is 2.23. The molecule has 0 aromatic carbocycles. The van der Waals surface area contributed by atoms with Crippen LogP contribution in [0.4, 0.5) is 4.79 Å². The van der Waals surface area contributed by atoms with Crippen molar-refractivity contribution in [2.75, 3.05) is 26.7 Å². The van der Waals surface area contributed by atoms with E-state index in [1.165, 1.54) is 4.90 Å². The van der Waals surface area contributed by atoms with Crippen LogP contribution < -0.4 is 5.32 Å². The lowest BCUT2D eigenvalue weighted by Gasteiger charge is -2.34. The third kappa shape index (κ3) is 4.10. The van der Waals surface area contributed by atoms with Gasteiger partial charge < -0.3 is 20.2 Å². The average Bonchev–Trinajstić information content (AvgIpc) is 2.89. The molecule has 1 saturated carbocycles. The van der Waals surface area contributed by atoms with E-state index in [0.29, 0.717) is 0 Å². The minimum absolute atomic E-state index is 0.0902. The Balaban J connectivity index is 1.92. The van der Waals surface area contributed by atoms with E-state index in [1.807, 2.05) is 7.05 Å². The Bertz CT molecular complexity index is 356. The Hall–Kier alpha value is -1.30. The third-order valence-electron chi connectivity index (χ3n) is 4.28. The van der Waals surface area contributed by atoms with Crippen molar-refractivity contribution in [1.82, 2.24) is 15.1 Å². The summed E-state index contributed by atoms with van der Waals surface area (Å²) in [6.07, 6.45) is 6.06. The molecule has 2 N–H and O–H groups in total. The Morgan fingerprint density at radius 1 is 1.25 bits per heavy atom. The molecule has 0 aromatic heterocycles. The van der Waals surface area contributed by atoms with E-state index >= 15 is 0 Å². The summed E-state index contributed by atoms with van der Waals surface area (Å²) < 4.78 is 0. The molecule has 1 aliphatic carbocycles. The maximum Gasteiger partial charge on any atom is 0.323 e. The van der Waals surface area contributed by atoms with Gasteiger partial charge in [-0.15, -0.1) is 0 Å². The van der Waals surface area contributed by atoms with Crippen molar-refractivity contribution in [3.05, 3.63) is 0 Å². The molecule has 2 amide bonds. The predicted octanol–water partition coefficient (Wildman–Crippen LogP) is 1.12. The van der Waals surface area contributed by atoms with Gasteiger partial charge in [0, 0.05) is 18.6 Å². The summed E-state index contributed by atoms with van der Waals surface area (Å²) in [7, 11) is 2.05. The SMILES string of the molecule is CN1CCCC(NC(=O)N(CC(=O)O)C2CCCC2)C1. The monoisotopic (exact) mass is 283 g/mol. The van der Waals surface area contributed by atoms with Gasteiger partial charge in [0.1, 0.15) is 6.54 Å². The van der Waals surface area contributed by atoms with E-state index in [2.05, 4.69) is 10.2 Å². The van der Waals surface area contributed by atoms with Crippen LogP contribution in [-0.2, 0) is 4.79 Å². The number of piperidine rings is 1. The number of hydrogen-bond acceptors (Lipinski definition) is 3. The summed E-state index contributed by atoms with van der Waals surface area (Å²) in [5.74, 6) is -0.937. The molecule has 0 radical (unpaired) electrons. The first-order valence-corrected chi connectivity index (χ1v) is 7.53. The van der Waals surface area contributed by atoms with Crippen LogP contribution >= 0.6 is 0 Å². The minimum Gasteiger partial charge on any atom is -0.480 e. The molecule has 6 nitrogen and oxygen atoms in total. The zero-order chi connectivity index (χ0) is 14.5. The molecule has 2 rings (SSSR count). The van der Waals surface area contributed by atoms with E-state index in [4.69, 9.17) is 5.11 Å². The number of aliphatic carboxylic acids is 1. The second kappa shape index (κ2) is 6.92. The van der Waals surface area contributed by atoms with E-state index in [0.717, 1.165) is 51.6 Å². The summed E-state index contributed by atoms with van der Waals surface area (Å²) in [6, 6.07) is 0.0194. The molecule has 2 fully saturated rings. The molecule has 0 bridgehead atoms. The number of hydrogen-bond donors (Lipinski definition) is 2. The molecule has 114 valence electrons. The molecule has 20 heavy (non-hydrogen) atoms. The third-order valence-corrected chi connectivity index (χ3v) is 4.28. The number of carboxylic acids is 1. The molecular formula is C14H25N3O3. The smallest absolute Gasteiger partial charge is 0.323 e. The van der Waals surface area contributed by atoms with Gasteiger partial charge in [0.15, 0.2) is 0 Å². The fourth-order valence-electron chi connectivity index (χ4n) is 3.27. The highest BCUT2D eigenvalue weighted by molar-refractivity contribution is 5.80. The van der Waals surface area contributed by atoms with Gasteiger partial charge in [-0.2, -0.15) is 0 Å². The summed E-state index contributed by atoms with van der Waals surface area (Å²) in [5.41, 5.74) is 0. The minimum atomic E-state index is -0.937. The van der Waals surface area contributed by atoms with Crippen LogP contribution in [0.2, 0.25) is 0 Å². The molecule has 1 atom stereocenters. The van der Waals surface area contributed by atoms with E-state index in [9.17, 15) is 9.59 Å². The van der Waals surface area contributed by atoms with Crippen molar-refractivity contribution in [1.29, 1.82) is 0 Å². The molecule has 1 saturated heterocycles. The molecule has 2 aliphatic rings. The number of rotatable bonds is 4. The second-order valence-electron chi connectivity index (χ2n) is 6.01. The quantitative estimate of drug-likeness (QED) is 0.811. The first kappa shape index (κ1) is 15.1. The van der Waals surface area contributed by atoms with Crippen molar-refractivity contribution < 1.29 is 14.7 Å². The van der Waals surface area contributed by atoms with Crippen molar-refractivity contribution >= 4 is 12.0 Å². The predicted molar refractivity (Wildman–Crippen MR) is 75.6 cm³/mol. The maximum absolute atomic E-state index is 12.4. The Morgan fingerprint density at radius 2 is 1.95 bits per heavy atom. The maximum atomic E-state index is 12.4. The normalized spacial score (nSPS) is 24.6. The first-order chi connectivity index (χ1) is 9.56. The summed E-state index contributed by atoms with van der Waals surface area (Å²) in [4.78, 5) is 27.1. The van der Waals surface area contributed by atoms with Gasteiger partial charge in [0.25, 0.3) is 0 Å². The molecule has 1 heterocycles. The number of likely N-dealkylation sites (tertiary alicyclic amines) is 1. The largest absolute Gasteiger partial charge is 0.480 e. The second-order valence-corrected chi connectivity index (χ2v) is 6.01. The van der Waals surface area contributed by atoms with Crippen molar-refractivity contribution in [3.8, 4) is 0 Å². The summed E-state index contributed by atoms with van der Waals surface area (Å²) in [6.45, 7) is 1.71. The molecule has 0 aromatic rings. The standard InChI is InChI=1S/C14H25N3O3/c1-16-8-4-5-11(9-16)15-14(20)17(10-13(18)19)12-6-2-3-7-12/h11-12H,2-10H2,1H3,(H,15,20)(H,18,19). The highest BCUT2D eigenvalue weighted by Gasteiger charge is 2.30. The number of carbonyl (C=O) groups excluding carboxylic acids is 1. The van der Waals surface area contributed by atoms with Crippen LogP contribution in [0.1, 0.15) is 38.5 Å². The molecule has 1 aliphatic heterocycles. The first-order valence-electron chi connectivity index (χ1n) is 7.53. The zero-order valence-corrected chi connectivity index (χ0v) is 12.2. The Kier molecular flexibility index (Phi) is 5.23. The molecule has 0 spiro atoms. The number of likely N-dealkylation sites (N-methyl/N-ethyl adjacent to an activating group) is 1. The highest BCUT2D eigenvalue weighted by atomic mass is 16.4. The van der Waals surface area contributed by atoms with Crippen molar-refractivity contribution in [2.45, 2.75) is 50.6 Å². The summed E-state index contributed by atoms with van der Waals surface area (Å²) in [5, 5.41) is 12.0. The van der Waals surface area contributed by atoms with Crippen LogP contribution in [0.15, 0.2) is 0 Å². The van der Waals surface area contributed by atoms with Gasteiger partial charge in [-0.1, -0.05) is 12.8 Å². The van der Waals surface area contributed by atoms with Crippen LogP contribution in [0.25, 0.3) is 0 Å². The van der Waals surface area contributed by atoms with Crippen molar-refractivity contribution in [3.63, 3.8) is 0 Å². The van der Waals surface area contributed by atoms with Crippen LogP contribution in [0.3, 0.4) is 0 Å². The van der Waals surface area contributed by atoms with Crippen LogP contribution in [0, 0.1) is 0 Å². The lowest BCUT2D eigenvalue weighted by Crippen LogP contribution is -2.53. The number of carboxylic acid groups (broad SMARTS) is 1. The van der Waals surface area contributed by atoms with Gasteiger partial charge >= 0.3 is 12.0 Å². The lowest BCUT2D eigenvalue weighted by molar-refractivity contribution is -0.138.